The lowest BCUT2D eigenvalue weighted by Crippen LogP contribution is -2.59. The first-order valence-electron chi connectivity index (χ1n) is 17.6. The van der Waals surface area contributed by atoms with E-state index in [1.54, 1.807) is 30.3 Å². The maximum absolute atomic E-state index is 14.1. The zero-order chi connectivity index (χ0) is 35.7. The first kappa shape index (κ1) is 37.5. The Balaban J connectivity index is 1.39. The fourth-order valence-electron chi connectivity index (χ4n) is 6.96. The average molecular weight is 682 g/mol. The molecule has 1 heterocycles. The molecule has 4 N–H and O–H groups in total. The molecule has 3 fully saturated rings. The van der Waals surface area contributed by atoms with Crippen LogP contribution >= 0.6 is 0 Å². The van der Waals surface area contributed by atoms with E-state index in [4.69, 9.17) is 4.74 Å². The van der Waals surface area contributed by atoms with Gasteiger partial charge in [0.15, 0.2) is 5.78 Å². The number of fused-ring (bicyclic) bond motifs is 1. The number of likely N-dealkylation sites (tertiary alicyclic amines) is 1. The van der Waals surface area contributed by atoms with Gasteiger partial charge in [-0.3, -0.25) is 28.8 Å². The first-order valence-corrected chi connectivity index (χ1v) is 17.6. The standard InChI is InChI=1S/C36H51N5O8/c1-5-12-27(32(44)34(46)37-18-28(43)39-29(22(4)42)23-13-8-6-9-14-23)38-33(45)31-26-17-25(26)19-41(31)35(47)30(24-15-10-7-11-16-24)40-36(48)49-20-21(2)3/h6,8-9,13-14,21,24-27,29-31H,5,7,10-12,15-20H2,1-4H3,(H,37,46)(H,38,45)(H,39,43)(H,40,48). The summed E-state index contributed by atoms with van der Waals surface area (Å²) < 4.78 is 5.34. The number of ether oxygens (including phenoxy) is 1. The number of carbonyl (C=O) groups excluding carboxylic acids is 7. The van der Waals surface area contributed by atoms with Crippen LogP contribution < -0.4 is 21.3 Å². The highest BCUT2D eigenvalue weighted by Crippen LogP contribution is 2.50. The number of rotatable bonds is 16. The third-order valence-electron chi connectivity index (χ3n) is 9.60. The van der Waals surface area contributed by atoms with Crippen molar-refractivity contribution >= 4 is 41.3 Å². The van der Waals surface area contributed by atoms with E-state index >= 15 is 0 Å². The van der Waals surface area contributed by atoms with Gasteiger partial charge < -0.3 is 30.9 Å². The molecule has 1 aromatic carbocycles. The SMILES string of the molecule is CCCC(NC(=O)C1C2CC2CN1C(=O)C(NC(=O)OCC(C)C)C1CCCCC1)C(=O)C(=O)NCC(=O)NC(C(C)=O)c1ccccc1. The molecule has 0 spiro atoms. The van der Waals surface area contributed by atoms with Crippen molar-refractivity contribution in [1.82, 2.24) is 26.2 Å². The fourth-order valence-corrected chi connectivity index (χ4v) is 6.96. The van der Waals surface area contributed by atoms with E-state index < -0.39 is 60.3 Å². The molecule has 13 heteroatoms. The Bertz CT molecular complexity index is 1380. The second-order valence-corrected chi connectivity index (χ2v) is 14.0. The number of nitrogens with zero attached hydrogens (tertiary/aromatic N) is 1. The molecular formula is C36H51N5O8. The Labute approximate surface area is 288 Å². The van der Waals surface area contributed by atoms with Gasteiger partial charge in [-0.2, -0.15) is 0 Å². The van der Waals surface area contributed by atoms with Gasteiger partial charge in [0, 0.05) is 6.54 Å². The monoisotopic (exact) mass is 681 g/mol. The van der Waals surface area contributed by atoms with Gasteiger partial charge in [0.2, 0.25) is 23.5 Å². The number of carbonyl (C=O) groups is 7. The highest BCUT2D eigenvalue weighted by atomic mass is 16.5. The highest BCUT2D eigenvalue weighted by molar-refractivity contribution is 6.38. The number of Topliss-reactive ketones (excluding diaryl/α,β-unsaturated/α-hetero) is 2. The van der Waals surface area contributed by atoms with Crippen molar-refractivity contribution < 1.29 is 38.3 Å². The average Bonchev–Trinajstić information content (AvgIpc) is 3.75. The molecule has 0 radical (unpaired) electrons. The molecule has 13 nitrogen and oxygen atoms in total. The second kappa shape index (κ2) is 17.4. The molecule has 268 valence electrons. The van der Waals surface area contributed by atoms with E-state index in [2.05, 4.69) is 21.3 Å². The van der Waals surface area contributed by atoms with Gasteiger partial charge in [0.25, 0.3) is 5.91 Å². The molecule has 1 aliphatic heterocycles. The summed E-state index contributed by atoms with van der Waals surface area (Å²) in [6.07, 6.45) is 5.27. The Morgan fingerprint density at radius 1 is 0.939 bits per heavy atom. The second-order valence-electron chi connectivity index (χ2n) is 14.0. The van der Waals surface area contributed by atoms with Crippen LogP contribution in [0.3, 0.4) is 0 Å². The van der Waals surface area contributed by atoms with Gasteiger partial charge in [-0.1, -0.05) is 76.8 Å². The van der Waals surface area contributed by atoms with Crippen LogP contribution in [0.15, 0.2) is 30.3 Å². The molecule has 49 heavy (non-hydrogen) atoms. The van der Waals surface area contributed by atoms with Gasteiger partial charge in [-0.25, -0.2) is 4.79 Å². The minimum absolute atomic E-state index is 0.0717. The summed E-state index contributed by atoms with van der Waals surface area (Å²) in [6.45, 7) is 7.04. The minimum Gasteiger partial charge on any atom is -0.449 e. The smallest absolute Gasteiger partial charge is 0.407 e. The van der Waals surface area contributed by atoms with Crippen molar-refractivity contribution in [1.29, 1.82) is 0 Å². The summed E-state index contributed by atoms with van der Waals surface area (Å²) in [4.78, 5) is 93.0. The summed E-state index contributed by atoms with van der Waals surface area (Å²) in [5.74, 6) is -3.63. The van der Waals surface area contributed by atoms with E-state index in [0.29, 0.717) is 18.5 Å². The van der Waals surface area contributed by atoms with Crippen molar-refractivity contribution in [3.05, 3.63) is 35.9 Å². The molecule has 1 aromatic rings. The lowest BCUT2D eigenvalue weighted by Gasteiger charge is -2.35. The summed E-state index contributed by atoms with van der Waals surface area (Å²) in [6, 6.07) is 4.92. The summed E-state index contributed by atoms with van der Waals surface area (Å²) in [5, 5.41) is 10.4. The predicted molar refractivity (Wildman–Crippen MR) is 180 cm³/mol. The van der Waals surface area contributed by atoms with Crippen molar-refractivity contribution in [2.24, 2.45) is 23.7 Å². The Morgan fingerprint density at radius 2 is 1.63 bits per heavy atom. The largest absolute Gasteiger partial charge is 0.449 e. The molecule has 5 amide bonds. The zero-order valence-electron chi connectivity index (χ0n) is 29.0. The highest BCUT2D eigenvalue weighted by Gasteiger charge is 2.58. The number of ketones is 2. The van der Waals surface area contributed by atoms with Crippen molar-refractivity contribution in [3.8, 4) is 0 Å². The molecule has 0 bridgehead atoms. The summed E-state index contributed by atoms with van der Waals surface area (Å²) in [5.41, 5.74) is 0.584. The maximum Gasteiger partial charge on any atom is 0.407 e. The van der Waals surface area contributed by atoms with E-state index in [1.165, 1.54) is 11.8 Å². The van der Waals surface area contributed by atoms with Gasteiger partial charge in [-0.15, -0.1) is 0 Å². The molecule has 6 unspecified atom stereocenters. The van der Waals surface area contributed by atoms with Crippen LogP contribution in [0.5, 0.6) is 0 Å². The number of alkyl carbamates (subject to hydrolysis) is 1. The quantitative estimate of drug-likeness (QED) is 0.192. The fraction of sp³-hybridized carbons (Fsp3) is 0.639. The molecule has 2 aliphatic carbocycles. The van der Waals surface area contributed by atoms with E-state index in [9.17, 15) is 33.6 Å². The molecule has 0 aromatic heterocycles. The molecule has 3 aliphatic rings. The third-order valence-corrected chi connectivity index (χ3v) is 9.60. The van der Waals surface area contributed by atoms with Crippen LogP contribution in [0, 0.1) is 23.7 Å². The lowest BCUT2D eigenvalue weighted by molar-refractivity contribution is -0.144. The maximum atomic E-state index is 14.1. The van der Waals surface area contributed by atoms with Crippen LogP contribution in [0.2, 0.25) is 0 Å². The van der Waals surface area contributed by atoms with E-state index in [1.807, 2.05) is 20.8 Å². The molecular weight excluding hydrogens is 630 g/mol. The lowest BCUT2D eigenvalue weighted by atomic mass is 9.83. The van der Waals surface area contributed by atoms with Crippen LogP contribution in [-0.2, 0) is 33.5 Å². The first-order chi connectivity index (χ1) is 23.4. The Kier molecular flexibility index (Phi) is 13.3. The number of hydrogen-bond donors (Lipinski definition) is 4. The van der Waals surface area contributed by atoms with E-state index in [-0.39, 0.29) is 48.4 Å². The number of amides is 5. The minimum atomic E-state index is -1.16. The Morgan fingerprint density at radius 3 is 2.27 bits per heavy atom. The summed E-state index contributed by atoms with van der Waals surface area (Å²) >= 11 is 0. The molecule has 2 saturated carbocycles. The number of nitrogens with one attached hydrogen (secondary N) is 4. The van der Waals surface area contributed by atoms with Crippen LogP contribution in [0.1, 0.15) is 90.7 Å². The van der Waals surface area contributed by atoms with Gasteiger partial charge in [0.05, 0.1) is 19.2 Å². The topological polar surface area (TPSA) is 180 Å². The predicted octanol–water partition coefficient (Wildman–Crippen LogP) is 2.58. The third kappa shape index (κ3) is 10.1. The van der Waals surface area contributed by atoms with Gasteiger partial charge in [-0.05, 0) is 61.8 Å². The molecule has 4 rings (SSSR count). The number of piperidine rings is 1. The van der Waals surface area contributed by atoms with Crippen LogP contribution in [-0.4, -0.2) is 84.0 Å². The van der Waals surface area contributed by atoms with Crippen molar-refractivity contribution in [2.45, 2.75) is 103 Å². The zero-order valence-corrected chi connectivity index (χ0v) is 29.0. The molecule has 1 saturated heterocycles. The number of benzene rings is 1. The normalized spacial score (nSPS) is 21.8. The Hall–Kier alpha value is -4.29. The van der Waals surface area contributed by atoms with Crippen LogP contribution in [0.4, 0.5) is 4.79 Å². The molecule has 6 atom stereocenters. The van der Waals surface area contributed by atoms with Gasteiger partial charge in [0.1, 0.15) is 18.1 Å². The summed E-state index contributed by atoms with van der Waals surface area (Å²) in [7, 11) is 0. The van der Waals surface area contributed by atoms with E-state index in [0.717, 1.165) is 38.5 Å². The van der Waals surface area contributed by atoms with Gasteiger partial charge >= 0.3 is 6.09 Å². The van der Waals surface area contributed by atoms with Crippen molar-refractivity contribution in [3.63, 3.8) is 0 Å². The van der Waals surface area contributed by atoms with Crippen molar-refractivity contribution in [2.75, 3.05) is 19.7 Å². The van der Waals surface area contributed by atoms with Crippen LogP contribution in [0.25, 0.3) is 0 Å². The number of hydrogen-bond acceptors (Lipinski definition) is 8.